The normalized spacial score (nSPS) is 13.7. The Balaban J connectivity index is 1.99. The highest BCUT2D eigenvalue weighted by molar-refractivity contribution is 6.14. The van der Waals surface area contributed by atoms with Gasteiger partial charge in [0.1, 0.15) is 0 Å². The van der Waals surface area contributed by atoms with Crippen LogP contribution in [0.5, 0.6) is 23.0 Å². The van der Waals surface area contributed by atoms with Gasteiger partial charge in [-0.1, -0.05) is 20.4 Å². The molecule has 2 aromatic carbocycles. The van der Waals surface area contributed by atoms with Crippen LogP contribution < -0.4 is 18.9 Å². The molecule has 0 radical (unpaired) electrons. The SMILES string of the molecule is C=C(C)C(=O)c1cc2c(cc1-c1cc3c(cc1C(=O)C(C)C)OCO3)OCO2. The summed E-state index contributed by atoms with van der Waals surface area (Å²) < 4.78 is 21.9. The lowest BCUT2D eigenvalue weighted by atomic mass is 9.87. The first-order valence-corrected chi connectivity index (χ1v) is 8.99. The zero-order valence-corrected chi connectivity index (χ0v) is 16.0. The van der Waals surface area contributed by atoms with Crippen molar-refractivity contribution in [3.05, 3.63) is 47.5 Å². The van der Waals surface area contributed by atoms with Gasteiger partial charge in [-0.2, -0.15) is 0 Å². The first-order valence-electron chi connectivity index (χ1n) is 8.99. The summed E-state index contributed by atoms with van der Waals surface area (Å²) in [7, 11) is 0. The van der Waals surface area contributed by atoms with Gasteiger partial charge >= 0.3 is 0 Å². The van der Waals surface area contributed by atoms with Gasteiger partial charge in [-0.3, -0.25) is 9.59 Å². The molecule has 28 heavy (non-hydrogen) atoms. The van der Waals surface area contributed by atoms with Crippen LogP contribution in [0.1, 0.15) is 41.5 Å². The minimum absolute atomic E-state index is 0.0558. The third-order valence-corrected chi connectivity index (χ3v) is 4.74. The Labute approximate surface area is 162 Å². The lowest BCUT2D eigenvalue weighted by Gasteiger charge is -2.16. The highest BCUT2D eigenvalue weighted by Crippen LogP contribution is 2.44. The van der Waals surface area contributed by atoms with E-state index in [0.29, 0.717) is 50.8 Å². The number of hydrogen-bond donors (Lipinski definition) is 0. The van der Waals surface area contributed by atoms with Crippen molar-refractivity contribution in [3.63, 3.8) is 0 Å². The smallest absolute Gasteiger partial charge is 0.231 e. The summed E-state index contributed by atoms with van der Waals surface area (Å²) in [6.07, 6.45) is 0. The van der Waals surface area contributed by atoms with E-state index in [2.05, 4.69) is 6.58 Å². The summed E-state index contributed by atoms with van der Waals surface area (Å²) in [4.78, 5) is 25.8. The molecule has 2 aromatic rings. The van der Waals surface area contributed by atoms with Crippen molar-refractivity contribution in [1.29, 1.82) is 0 Å². The molecule has 0 unspecified atom stereocenters. The molecule has 0 spiro atoms. The number of ketones is 2. The maximum atomic E-state index is 12.9. The Morgan fingerprint density at radius 2 is 1.25 bits per heavy atom. The summed E-state index contributed by atoms with van der Waals surface area (Å²) in [5.74, 6) is 1.55. The van der Waals surface area contributed by atoms with Gasteiger partial charge in [0.2, 0.25) is 13.6 Å². The van der Waals surface area contributed by atoms with E-state index in [9.17, 15) is 9.59 Å². The molecule has 0 saturated carbocycles. The van der Waals surface area contributed by atoms with Crippen LogP contribution in [0.4, 0.5) is 0 Å². The van der Waals surface area contributed by atoms with Gasteiger partial charge in [-0.25, -0.2) is 0 Å². The summed E-state index contributed by atoms with van der Waals surface area (Å²) in [6, 6.07) is 6.79. The van der Waals surface area contributed by atoms with Gasteiger partial charge < -0.3 is 18.9 Å². The molecule has 6 nitrogen and oxygen atoms in total. The molecule has 0 fully saturated rings. The van der Waals surface area contributed by atoms with Crippen molar-refractivity contribution in [2.75, 3.05) is 13.6 Å². The van der Waals surface area contributed by atoms with Crippen LogP contribution in [0, 0.1) is 5.92 Å². The minimum atomic E-state index is -0.228. The standard InChI is InChI=1S/C22H20O6/c1-11(2)21(23)15-7-19-17(25-9-27-19)5-13(15)14-6-18-20(28-10-26-18)8-16(14)22(24)12(3)4/h5-8,12H,1,9-10H2,2-4H3. The van der Waals surface area contributed by atoms with E-state index in [1.54, 1.807) is 31.2 Å². The van der Waals surface area contributed by atoms with Crippen LogP contribution in [-0.4, -0.2) is 25.2 Å². The molecule has 2 heterocycles. The van der Waals surface area contributed by atoms with Crippen molar-refractivity contribution in [2.24, 2.45) is 5.92 Å². The second-order valence-corrected chi connectivity index (χ2v) is 7.13. The Morgan fingerprint density at radius 3 is 1.71 bits per heavy atom. The van der Waals surface area contributed by atoms with Crippen molar-refractivity contribution < 1.29 is 28.5 Å². The highest BCUT2D eigenvalue weighted by Gasteiger charge is 2.28. The molecule has 0 amide bonds. The zero-order chi connectivity index (χ0) is 20.0. The molecular weight excluding hydrogens is 360 g/mol. The quantitative estimate of drug-likeness (QED) is 0.565. The first-order chi connectivity index (χ1) is 13.4. The van der Waals surface area contributed by atoms with E-state index in [0.717, 1.165) is 0 Å². The number of Topliss-reactive ketones (excluding diaryl/α,β-unsaturated/α-hetero) is 2. The van der Waals surface area contributed by atoms with Gasteiger partial charge in [0.05, 0.1) is 0 Å². The minimum Gasteiger partial charge on any atom is -0.454 e. The predicted octanol–water partition coefficient (Wildman–Crippen LogP) is 4.41. The molecule has 0 bridgehead atoms. The molecular formula is C22H20O6. The molecule has 4 rings (SSSR count). The molecule has 144 valence electrons. The fraction of sp³-hybridized carbons (Fsp3) is 0.273. The monoisotopic (exact) mass is 380 g/mol. The third-order valence-electron chi connectivity index (χ3n) is 4.74. The van der Waals surface area contributed by atoms with E-state index < -0.39 is 0 Å². The highest BCUT2D eigenvalue weighted by atomic mass is 16.7. The molecule has 0 saturated heterocycles. The molecule has 0 N–H and O–H groups in total. The number of carbonyl (C=O) groups is 2. The van der Waals surface area contributed by atoms with Gasteiger partial charge in [-0.15, -0.1) is 0 Å². The lowest BCUT2D eigenvalue weighted by Crippen LogP contribution is -2.11. The van der Waals surface area contributed by atoms with Crippen molar-refractivity contribution >= 4 is 11.6 Å². The van der Waals surface area contributed by atoms with Gasteiger partial charge in [0.15, 0.2) is 34.6 Å². The topological polar surface area (TPSA) is 71.1 Å². The number of allylic oxidation sites excluding steroid dienone is 1. The largest absolute Gasteiger partial charge is 0.454 e. The lowest BCUT2D eigenvalue weighted by molar-refractivity contribution is 0.0938. The molecule has 2 aliphatic heterocycles. The molecule has 0 atom stereocenters. The van der Waals surface area contributed by atoms with Gasteiger partial charge in [-0.05, 0) is 47.9 Å². The van der Waals surface area contributed by atoms with Crippen molar-refractivity contribution in [2.45, 2.75) is 20.8 Å². The number of carbonyl (C=O) groups excluding carboxylic acids is 2. The molecule has 0 aliphatic carbocycles. The predicted molar refractivity (Wildman–Crippen MR) is 102 cm³/mol. The van der Waals surface area contributed by atoms with Crippen molar-refractivity contribution in [1.82, 2.24) is 0 Å². The van der Waals surface area contributed by atoms with Crippen LogP contribution in [0.15, 0.2) is 36.4 Å². The number of ether oxygens (including phenoxy) is 4. The van der Waals surface area contributed by atoms with Gasteiger partial charge in [0, 0.05) is 17.0 Å². The Kier molecular flexibility index (Phi) is 4.34. The number of hydrogen-bond acceptors (Lipinski definition) is 6. The van der Waals surface area contributed by atoms with Crippen LogP contribution in [-0.2, 0) is 0 Å². The van der Waals surface area contributed by atoms with Crippen LogP contribution >= 0.6 is 0 Å². The number of rotatable bonds is 5. The Hall–Kier alpha value is -3.28. The van der Waals surface area contributed by atoms with E-state index >= 15 is 0 Å². The fourth-order valence-electron chi connectivity index (χ4n) is 3.26. The van der Waals surface area contributed by atoms with Crippen molar-refractivity contribution in [3.8, 4) is 34.1 Å². The maximum Gasteiger partial charge on any atom is 0.231 e. The third kappa shape index (κ3) is 2.91. The maximum absolute atomic E-state index is 12.9. The van der Waals surface area contributed by atoms with Crippen LogP contribution in [0.2, 0.25) is 0 Å². The fourth-order valence-corrected chi connectivity index (χ4v) is 3.26. The van der Waals surface area contributed by atoms with E-state index in [1.807, 2.05) is 13.8 Å². The van der Waals surface area contributed by atoms with E-state index in [4.69, 9.17) is 18.9 Å². The zero-order valence-electron chi connectivity index (χ0n) is 16.0. The molecule has 6 heteroatoms. The Morgan fingerprint density at radius 1 is 0.821 bits per heavy atom. The van der Waals surface area contributed by atoms with Crippen LogP contribution in [0.25, 0.3) is 11.1 Å². The Bertz CT molecular complexity index is 1020. The summed E-state index contributed by atoms with van der Waals surface area (Å²) in [6.45, 7) is 9.25. The average Bonchev–Trinajstić information content (AvgIpc) is 3.32. The average molecular weight is 380 g/mol. The molecule has 2 aliphatic rings. The summed E-state index contributed by atoms with van der Waals surface area (Å²) >= 11 is 0. The first kappa shape index (κ1) is 18.1. The van der Waals surface area contributed by atoms with Gasteiger partial charge in [0.25, 0.3) is 0 Å². The second-order valence-electron chi connectivity index (χ2n) is 7.13. The summed E-state index contributed by atoms with van der Waals surface area (Å²) in [5.41, 5.74) is 2.41. The second kappa shape index (κ2) is 6.71. The number of fused-ring (bicyclic) bond motifs is 2. The number of benzene rings is 2. The van der Waals surface area contributed by atoms with E-state index in [1.165, 1.54) is 0 Å². The summed E-state index contributed by atoms with van der Waals surface area (Å²) in [5, 5.41) is 0. The van der Waals surface area contributed by atoms with Crippen LogP contribution in [0.3, 0.4) is 0 Å². The van der Waals surface area contributed by atoms with E-state index in [-0.39, 0.29) is 31.1 Å². The molecule has 0 aromatic heterocycles.